The lowest BCUT2D eigenvalue weighted by Gasteiger charge is -1.95. The number of ether oxygens (including phenoxy) is 1. The van der Waals surface area contributed by atoms with E-state index >= 15 is 0 Å². The molecule has 0 amide bonds. The van der Waals surface area contributed by atoms with Gasteiger partial charge in [0.25, 0.3) is 0 Å². The molecule has 0 unspecified atom stereocenters. The molecule has 0 fully saturated rings. The zero-order valence-electron chi connectivity index (χ0n) is 9.00. The Morgan fingerprint density at radius 3 is 2.64 bits per heavy atom. The largest absolute Gasteiger partial charge is 0.497 e. The Morgan fingerprint density at radius 2 is 2.00 bits per heavy atom. The van der Waals surface area contributed by atoms with E-state index in [4.69, 9.17) is 9.15 Å². The third-order valence-corrected chi connectivity index (χ3v) is 1.70. The Hall–Kier alpha value is -1.51. The van der Waals surface area contributed by atoms with E-state index in [9.17, 15) is 0 Å². The Kier molecular flexibility index (Phi) is 3.51. The number of rotatable bonds is 1. The standard InChI is InChI=1S/C9H9NO2.C2H6/c1-6-10-8-4-3-7(11-2)5-9(8)12-6;1-2/h3-5H,1-2H3;1-2H3. The number of aromatic nitrogens is 1. The molecule has 0 bridgehead atoms. The highest BCUT2D eigenvalue weighted by Crippen LogP contribution is 2.20. The summed E-state index contributed by atoms with van der Waals surface area (Å²) < 4.78 is 10.4. The second kappa shape index (κ2) is 4.65. The van der Waals surface area contributed by atoms with E-state index in [-0.39, 0.29) is 0 Å². The number of methoxy groups -OCH3 is 1. The fourth-order valence-electron chi connectivity index (χ4n) is 1.15. The van der Waals surface area contributed by atoms with Crippen LogP contribution in [-0.4, -0.2) is 12.1 Å². The zero-order chi connectivity index (χ0) is 10.6. The van der Waals surface area contributed by atoms with Crippen LogP contribution in [0.1, 0.15) is 19.7 Å². The molecule has 1 aromatic heterocycles. The van der Waals surface area contributed by atoms with Crippen LogP contribution in [0.15, 0.2) is 22.6 Å². The summed E-state index contributed by atoms with van der Waals surface area (Å²) >= 11 is 0. The maximum absolute atomic E-state index is 5.32. The van der Waals surface area contributed by atoms with Crippen molar-refractivity contribution in [3.8, 4) is 5.75 Å². The van der Waals surface area contributed by atoms with Gasteiger partial charge in [0.1, 0.15) is 11.3 Å². The summed E-state index contributed by atoms with van der Waals surface area (Å²) in [4.78, 5) is 4.17. The van der Waals surface area contributed by atoms with Gasteiger partial charge < -0.3 is 9.15 Å². The van der Waals surface area contributed by atoms with Gasteiger partial charge in [-0.1, -0.05) is 13.8 Å². The molecule has 3 nitrogen and oxygen atoms in total. The van der Waals surface area contributed by atoms with Gasteiger partial charge in [0.05, 0.1) is 7.11 Å². The van der Waals surface area contributed by atoms with Gasteiger partial charge in [-0.25, -0.2) is 4.98 Å². The van der Waals surface area contributed by atoms with Crippen LogP contribution in [0.5, 0.6) is 5.75 Å². The smallest absolute Gasteiger partial charge is 0.192 e. The van der Waals surface area contributed by atoms with Crippen molar-refractivity contribution >= 4 is 11.1 Å². The van der Waals surface area contributed by atoms with Gasteiger partial charge in [0.2, 0.25) is 0 Å². The van der Waals surface area contributed by atoms with Crippen molar-refractivity contribution in [1.29, 1.82) is 0 Å². The lowest BCUT2D eigenvalue weighted by molar-refractivity contribution is 0.414. The average molecular weight is 193 g/mol. The van der Waals surface area contributed by atoms with Gasteiger partial charge in [0.15, 0.2) is 11.5 Å². The maximum atomic E-state index is 5.32. The van der Waals surface area contributed by atoms with E-state index in [1.54, 1.807) is 7.11 Å². The van der Waals surface area contributed by atoms with Crippen LogP contribution < -0.4 is 4.74 Å². The summed E-state index contributed by atoms with van der Waals surface area (Å²) in [5.74, 6) is 1.47. The molecule has 2 rings (SSSR count). The summed E-state index contributed by atoms with van der Waals surface area (Å²) in [6, 6.07) is 5.57. The molecule has 14 heavy (non-hydrogen) atoms. The number of nitrogens with zero attached hydrogens (tertiary/aromatic N) is 1. The lowest BCUT2D eigenvalue weighted by atomic mass is 10.3. The van der Waals surface area contributed by atoms with Gasteiger partial charge in [-0.3, -0.25) is 0 Å². The quantitative estimate of drug-likeness (QED) is 0.697. The molecule has 1 heterocycles. The number of hydrogen-bond donors (Lipinski definition) is 0. The highest BCUT2D eigenvalue weighted by atomic mass is 16.5. The SMILES string of the molecule is CC.COc1ccc2nc(C)oc2c1. The van der Waals surface area contributed by atoms with Crippen LogP contribution >= 0.6 is 0 Å². The van der Waals surface area contributed by atoms with E-state index in [0.717, 1.165) is 16.8 Å². The lowest BCUT2D eigenvalue weighted by Crippen LogP contribution is -1.80. The molecule has 0 saturated heterocycles. The van der Waals surface area contributed by atoms with Crippen LogP contribution in [0, 0.1) is 6.92 Å². The normalized spacial score (nSPS) is 9.43. The zero-order valence-corrected chi connectivity index (χ0v) is 9.00. The summed E-state index contributed by atoms with van der Waals surface area (Å²) in [6.07, 6.45) is 0. The van der Waals surface area contributed by atoms with E-state index in [1.165, 1.54) is 0 Å². The van der Waals surface area contributed by atoms with Crippen molar-refractivity contribution in [1.82, 2.24) is 4.98 Å². The molecule has 0 saturated carbocycles. The molecule has 0 radical (unpaired) electrons. The van der Waals surface area contributed by atoms with E-state index < -0.39 is 0 Å². The number of hydrogen-bond acceptors (Lipinski definition) is 3. The van der Waals surface area contributed by atoms with Crippen molar-refractivity contribution in [2.24, 2.45) is 0 Å². The summed E-state index contributed by atoms with van der Waals surface area (Å²) in [6.45, 7) is 5.83. The van der Waals surface area contributed by atoms with Crippen LogP contribution in [-0.2, 0) is 0 Å². The van der Waals surface area contributed by atoms with E-state index in [0.29, 0.717) is 5.89 Å². The Balaban J connectivity index is 0.000000461. The molecule has 3 heteroatoms. The number of benzene rings is 1. The topological polar surface area (TPSA) is 35.3 Å². The summed E-state index contributed by atoms with van der Waals surface area (Å²) in [5, 5.41) is 0. The van der Waals surface area contributed by atoms with Gasteiger partial charge in [-0.2, -0.15) is 0 Å². The van der Waals surface area contributed by atoms with Crippen LogP contribution in [0.3, 0.4) is 0 Å². The molecule has 76 valence electrons. The predicted molar refractivity (Wildman–Crippen MR) is 56.6 cm³/mol. The van der Waals surface area contributed by atoms with Gasteiger partial charge in [-0.05, 0) is 12.1 Å². The van der Waals surface area contributed by atoms with Gasteiger partial charge >= 0.3 is 0 Å². The molecule has 2 aromatic rings. The molecule has 0 spiro atoms. The predicted octanol–water partition coefficient (Wildman–Crippen LogP) is 3.17. The van der Waals surface area contributed by atoms with Gasteiger partial charge in [-0.15, -0.1) is 0 Å². The fourth-order valence-corrected chi connectivity index (χ4v) is 1.15. The minimum Gasteiger partial charge on any atom is -0.497 e. The molecule has 0 aliphatic heterocycles. The molecule has 0 N–H and O–H groups in total. The van der Waals surface area contributed by atoms with Crippen LogP contribution in [0.4, 0.5) is 0 Å². The minimum atomic E-state index is 0.679. The highest BCUT2D eigenvalue weighted by molar-refractivity contribution is 5.74. The second-order valence-electron chi connectivity index (χ2n) is 2.57. The van der Waals surface area contributed by atoms with E-state index in [2.05, 4.69) is 4.98 Å². The Morgan fingerprint density at radius 1 is 1.29 bits per heavy atom. The van der Waals surface area contributed by atoms with Crippen molar-refractivity contribution in [3.63, 3.8) is 0 Å². The van der Waals surface area contributed by atoms with Crippen molar-refractivity contribution in [3.05, 3.63) is 24.1 Å². The second-order valence-corrected chi connectivity index (χ2v) is 2.57. The number of fused-ring (bicyclic) bond motifs is 1. The summed E-state index contributed by atoms with van der Waals surface area (Å²) in [7, 11) is 1.63. The first-order chi connectivity index (χ1) is 6.79. The van der Waals surface area contributed by atoms with Crippen molar-refractivity contribution in [2.45, 2.75) is 20.8 Å². The van der Waals surface area contributed by atoms with Crippen molar-refractivity contribution < 1.29 is 9.15 Å². The summed E-state index contributed by atoms with van der Waals surface area (Å²) in [5.41, 5.74) is 1.64. The molecule has 0 aliphatic rings. The minimum absolute atomic E-state index is 0.679. The van der Waals surface area contributed by atoms with Crippen LogP contribution in [0.2, 0.25) is 0 Å². The molecular formula is C11H15NO2. The maximum Gasteiger partial charge on any atom is 0.192 e. The molecule has 0 aliphatic carbocycles. The molecule has 0 atom stereocenters. The number of aryl methyl sites for hydroxylation is 1. The molecule has 1 aromatic carbocycles. The van der Waals surface area contributed by atoms with Crippen molar-refractivity contribution in [2.75, 3.05) is 7.11 Å². The third-order valence-electron chi connectivity index (χ3n) is 1.70. The first-order valence-electron chi connectivity index (χ1n) is 4.71. The molecular weight excluding hydrogens is 178 g/mol. The van der Waals surface area contributed by atoms with Gasteiger partial charge in [0, 0.05) is 13.0 Å². The number of oxazole rings is 1. The average Bonchev–Trinajstić information content (AvgIpc) is 2.59. The van der Waals surface area contributed by atoms with Crippen LogP contribution in [0.25, 0.3) is 11.1 Å². The first-order valence-corrected chi connectivity index (χ1v) is 4.71. The Bertz CT molecular complexity index is 407. The fraction of sp³-hybridized carbons (Fsp3) is 0.364. The third kappa shape index (κ3) is 2.05. The Labute approximate surface area is 83.7 Å². The van der Waals surface area contributed by atoms with E-state index in [1.807, 2.05) is 39.0 Å². The highest BCUT2D eigenvalue weighted by Gasteiger charge is 2.02. The monoisotopic (exact) mass is 193 g/mol. The first kappa shape index (κ1) is 10.6.